The average molecular weight is 535 g/mol. The van der Waals surface area contributed by atoms with Crippen molar-refractivity contribution in [1.82, 2.24) is 5.01 Å². The monoisotopic (exact) mass is 534 g/mol. The van der Waals surface area contributed by atoms with Crippen molar-refractivity contribution in [3.8, 4) is 17.2 Å². The fourth-order valence-electron chi connectivity index (χ4n) is 3.76. The predicted molar refractivity (Wildman–Crippen MR) is 146 cm³/mol. The SMILES string of the molecule is CCCN(C(=O)Nc1ccc(-c2ccccc2S(C)(=O)=O)cc1)N(C(=O)OC(C)C)c1cccc(C#N)c1. The van der Waals surface area contributed by atoms with E-state index in [1.54, 1.807) is 80.6 Å². The molecule has 38 heavy (non-hydrogen) atoms. The highest BCUT2D eigenvalue weighted by atomic mass is 32.2. The Kier molecular flexibility index (Phi) is 9.10. The van der Waals surface area contributed by atoms with Crippen LogP contribution in [0.1, 0.15) is 32.8 Å². The molecule has 0 radical (unpaired) electrons. The second-order valence-electron chi connectivity index (χ2n) is 8.81. The van der Waals surface area contributed by atoms with Crippen LogP contribution in [0.25, 0.3) is 11.1 Å². The lowest BCUT2D eigenvalue weighted by Gasteiger charge is -2.34. The van der Waals surface area contributed by atoms with E-state index in [1.807, 2.05) is 13.0 Å². The second-order valence-corrected chi connectivity index (χ2v) is 10.8. The number of nitrogens with one attached hydrogen (secondary N) is 1. The summed E-state index contributed by atoms with van der Waals surface area (Å²) in [7, 11) is -3.43. The maximum absolute atomic E-state index is 13.4. The number of carbonyl (C=O) groups is 2. The molecule has 3 aromatic rings. The molecular weight excluding hydrogens is 504 g/mol. The Bertz CT molecular complexity index is 1450. The minimum Gasteiger partial charge on any atom is -0.445 e. The van der Waals surface area contributed by atoms with Crippen molar-refractivity contribution in [3.63, 3.8) is 0 Å². The largest absolute Gasteiger partial charge is 0.445 e. The molecule has 10 heteroatoms. The normalized spacial score (nSPS) is 10.9. The fourth-order valence-corrected chi connectivity index (χ4v) is 4.67. The summed E-state index contributed by atoms with van der Waals surface area (Å²) in [6, 6.07) is 21.2. The second kappa shape index (κ2) is 12.3. The van der Waals surface area contributed by atoms with Gasteiger partial charge >= 0.3 is 12.1 Å². The highest BCUT2D eigenvalue weighted by Crippen LogP contribution is 2.28. The summed E-state index contributed by atoms with van der Waals surface area (Å²) in [6.45, 7) is 5.46. The Labute approximate surface area is 223 Å². The van der Waals surface area contributed by atoms with E-state index in [0.29, 0.717) is 34.5 Å². The van der Waals surface area contributed by atoms with Crippen LogP contribution < -0.4 is 10.3 Å². The van der Waals surface area contributed by atoms with Gasteiger partial charge in [0, 0.05) is 24.1 Å². The van der Waals surface area contributed by atoms with E-state index in [1.165, 1.54) is 11.1 Å². The van der Waals surface area contributed by atoms with Crippen LogP contribution in [0.2, 0.25) is 0 Å². The molecule has 0 saturated carbocycles. The third-order valence-electron chi connectivity index (χ3n) is 5.37. The highest BCUT2D eigenvalue weighted by Gasteiger charge is 2.29. The van der Waals surface area contributed by atoms with Gasteiger partial charge in [-0.2, -0.15) is 10.3 Å². The van der Waals surface area contributed by atoms with Crippen LogP contribution in [0, 0.1) is 11.3 Å². The summed E-state index contributed by atoms with van der Waals surface area (Å²) in [5.41, 5.74) is 2.31. The number of anilines is 2. The molecule has 0 unspecified atom stereocenters. The molecule has 0 heterocycles. The molecule has 0 aliphatic rings. The van der Waals surface area contributed by atoms with Crippen LogP contribution in [0.5, 0.6) is 0 Å². The molecule has 1 N–H and O–H groups in total. The first-order valence-corrected chi connectivity index (χ1v) is 13.9. The third-order valence-corrected chi connectivity index (χ3v) is 6.53. The minimum absolute atomic E-state index is 0.190. The number of nitriles is 1. The number of rotatable bonds is 7. The number of nitrogens with zero attached hydrogens (tertiary/aromatic N) is 3. The van der Waals surface area contributed by atoms with Gasteiger partial charge in [0.05, 0.1) is 28.3 Å². The Morgan fingerprint density at radius 2 is 1.71 bits per heavy atom. The molecule has 0 aliphatic heterocycles. The number of amides is 3. The van der Waals surface area contributed by atoms with E-state index in [2.05, 4.69) is 5.32 Å². The van der Waals surface area contributed by atoms with Crippen molar-refractivity contribution in [2.24, 2.45) is 0 Å². The van der Waals surface area contributed by atoms with Gasteiger partial charge in [0.15, 0.2) is 9.84 Å². The summed E-state index contributed by atoms with van der Waals surface area (Å²) in [4.78, 5) is 26.7. The maximum atomic E-state index is 13.4. The molecule has 0 bridgehead atoms. The van der Waals surface area contributed by atoms with Crippen molar-refractivity contribution in [3.05, 3.63) is 78.4 Å². The van der Waals surface area contributed by atoms with Crippen molar-refractivity contribution in [2.75, 3.05) is 23.1 Å². The van der Waals surface area contributed by atoms with Crippen LogP contribution in [-0.4, -0.2) is 44.5 Å². The van der Waals surface area contributed by atoms with Crippen LogP contribution in [0.4, 0.5) is 21.0 Å². The summed E-state index contributed by atoms with van der Waals surface area (Å²) in [5.74, 6) is 0. The Hall–Kier alpha value is -4.36. The molecule has 198 valence electrons. The van der Waals surface area contributed by atoms with E-state index in [4.69, 9.17) is 4.74 Å². The van der Waals surface area contributed by atoms with Crippen LogP contribution in [-0.2, 0) is 14.6 Å². The van der Waals surface area contributed by atoms with E-state index in [9.17, 15) is 23.3 Å². The molecule has 3 amide bonds. The van der Waals surface area contributed by atoms with E-state index >= 15 is 0 Å². The number of carbonyl (C=O) groups excluding carboxylic acids is 2. The molecule has 0 atom stereocenters. The van der Waals surface area contributed by atoms with E-state index in [-0.39, 0.29) is 11.4 Å². The predicted octanol–water partition coefficient (Wildman–Crippen LogP) is 5.84. The number of hydrogen-bond acceptors (Lipinski definition) is 6. The van der Waals surface area contributed by atoms with Gasteiger partial charge in [0.1, 0.15) is 0 Å². The zero-order chi connectivity index (χ0) is 27.9. The number of ether oxygens (including phenoxy) is 1. The molecule has 0 aromatic heterocycles. The van der Waals surface area contributed by atoms with Crippen LogP contribution >= 0.6 is 0 Å². The van der Waals surface area contributed by atoms with Crippen molar-refractivity contribution >= 4 is 33.3 Å². The van der Waals surface area contributed by atoms with Gasteiger partial charge in [-0.15, -0.1) is 0 Å². The first-order chi connectivity index (χ1) is 18.0. The lowest BCUT2D eigenvalue weighted by molar-refractivity contribution is 0.107. The molecular formula is C28H30N4O5S. The Balaban J connectivity index is 1.92. The molecule has 0 fully saturated rings. The number of hydrazine groups is 1. The molecule has 0 saturated heterocycles. The van der Waals surface area contributed by atoms with Crippen LogP contribution in [0.15, 0.2) is 77.7 Å². The topological polar surface area (TPSA) is 120 Å². The average Bonchev–Trinajstić information content (AvgIpc) is 2.88. The van der Waals surface area contributed by atoms with Crippen molar-refractivity contribution < 1.29 is 22.7 Å². The van der Waals surface area contributed by atoms with Crippen LogP contribution in [0.3, 0.4) is 0 Å². The molecule has 0 spiro atoms. The minimum atomic E-state index is -3.43. The van der Waals surface area contributed by atoms with Gasteiger partial charge in [0.2, 0.25) is 0 Å². The lowest BCUT2D eigenvalue weighted by Crippen LogP contribution is -2.52. The van der Waals surface area contributed by atoms with Gasteiger partial charge in [-0.3, -0.25) is 0 Å². The summed E-state index contributed by atoms with van der Waals surface area (Å²) in [5, 5.41) is 14.5. The van der Waals surface area contributed by atoms with E-state index in [0.717, 1.165) is 11.3 Å². The first kappa shape index (κ1) is 28.2. The zero-order valence-electron chi connectivity index (χ0n) is 21.7. The molecule has 0 aliphatic carbocycles. The Morgan fingerprint density at radius 3 is 2.32 bits per heavy atom. The smallest absolute Gasteiger partial charge is 0.434 e. The third kappa shape index (κ3) is 6.89. The number of benzene rings is 3. The van der Waals surface area contributed by atoms with Gasteiger partial charge in [0.25, 0.3) is 0 Å². The van der Waals surface area contributed by atoms with Gasteiger partial charge in [-0.05, 0) is 62.2 Å². The zero-order valence-corrected chi connectivity index (χ0v) is 22.5. The first-order valence-electron chi connectivity index (χ1n) is 12.0. The molecule has 9 nitrogen and oxygen atoms in total. The molecule has 3 aromatic carbocycles. The number of sulfone groups is 1. The van der Waals surface area contributed by atoms with Gasteiger partial charge < -0.3 is 10.1 Å². The summed E-state index contributed by atoms with van der Waals surface area (Å²) in [6.07, 6.45) is 0.507. The maximum Gasteiger partial charge on any atom is 0.434 e. The quantitative estimate of drug-likeness (QED) is 0.380. The van der Waals surface area contributed by atoms with Gasteiger partial charge in [-0.25, -0.2) is 23.0 Å². The summed E-state index contributed by atoms with van der Waals surface area (Å²) < 4.78 is 29.8. The lowest BCUT2D eigenvalue weighted by atomic mass is 10.1. The fraction of sp³-hybridized carbons (Fsp3) is 0.250. The number of hydrogen-bond donors (Lipinski definition) is 1. The van der Waals surface area contributed by atoms with Gasteiger partial charge in [-0.1, -0.05) is 43.3 Å². The number of urea groups is 1. The summed E-state index contributed by atoms with van der Waals surface area (Å²) >= 11 is 0. The standard InChI is InChI=1S/C28H30N4O5S/c1-5-17-31(32(28(34)37-20(2)3)24-10-8-9-21(18-24)19-29)27(33)30-23-15-13-22(14-16-23)25-11-6-7-12-26(25)38(4,35)36/h6-16,18,20H,5,17H2,1-4H3,(H,30,33). The van der Waals surface area contributed by atoms with Crippen molar-refractivity contribution in [2.45, 2.75) is 38.2 Å². The highest BCUT2D eigenvalue weighted by molar-refractivity contribution is 7.90. The van der Waals surface area contributed by atoms with E-state index < -0.39 is 28.1 Å². The van der Waals surface area contributed by atoms with Crippen molar-refractivity contribution in [1.29, 1.82) is 5.26 Å². The molecule has 3 rings (SSSR count). The Morgan fingerprint density at radius 1 is 1.03 bits per heavy atom.